The summed E-state index contributed by atoms with van der Waals surface area (Å²) < 4.78 is 30.4. The van der Waals surface area contributed by atoms with E-state index < -0.39 is 15.8 Å². The van der Waals surface area contributed by atoms with E-state index in [2.05, 4.69) is 0 Å². The zero-order valence-electron chi connectivity index (χ0n) is 18.0. The molecular weight excluding hydrogens is 436 g/mol. The standard InChI is InChI=1S/C27H22O5S/c1-19-6-14-25(15-7-19)33(30,31)18-20-8-10-22(11-9-20)27(29)32-17-26(28)24-13-12-21-4-2-3-5-23(21)16-24/h2-16H,17-18H2,1H3. The van der Waals surface area contributed by atoms with E-state index >= 15 is 0 Å². The van der Waals surface area contributed by atoms with Crippen molar-refractivity contribution in [2.75, 3.05) is 6.61 Å². The van der Waals surface area contributed by atoms with Crippen LogP contribution in [-0.2, 0) is 20.3 Å². The van der Waals surface area contributed by atoms with Gasteiger partial charge in [0.2, 0.25) is 0 Å². The summed E-state index contributed by atoms with van der Waals surface area (Å²) in [6.45, 7) is 1.52. The lowest BCUT2D eigenvalue weighted by molar-refractivity contribution is 0.0475. The topological polar surface area (TPSA) is 77.5 Å². The Labute approximate surface area is 192 Å². The van der Waals surface area contributed by atoms with E-state index in [-0.39, 0.29) is 28.6 Å². The second kappa shape index (κ2) is 9.38. The van der Waals surface area contributed by atoms with Crippen molar-refractivity contribution in [2.24, 2.45) is 0 Å². The smallest absolute Gasteiger partial charge is 0.338 e. The molecule has 0 unspecified atom stereocenters. The SMILES string of the molecule is Cc1ccc(S(=O)(=O)Cc2ccc(C(=O)OCC(=O)c3ccc4ccccc4c3)cc2)cc1. The number of esters is 1. The summed E-state index contributed by atoms with van der Waals surface area (Å²) in [7, 11) is -3.49. The third kappa shape index (κ3) is 5.35. The second-order valence-electron chi connectivity index (χ2n) is 7.83. The molecule has 0 spiro atoms. The maximum Gasteiger partial charge on any atom is 0.338 e. The Balaban J connectivity index is 1.37. The van der Waals surface area contributed by atoms with Crippen molar-refractivity contribution in [1.82, 2.24) is 0 Å². The molecule has 6 heteroatoms. The number of fused-ring (bicyclic) bond motifs is 1. The Bertz CT molecular complexity index is 1420. The Kier molecular flexibility index (Phi) is 6.38. The molecule has 0 aliphatic carbocycles. The monoisotopic (exact) mass is 458 g/mol. The lowest BCUT2D eigenvalue weighted by Crippen LogP contribution is -2.14. The molecule has 0 aliphatic rings. The fraction of sp³-hybridized carbons (Fsp3) is 0.111. The van der Waals surface area contributed by atoms with Crippen LogP contribution in [0, 0.1) is 6.92 Å². The number of ketones is 1. The minimum Gasteiger partial charge on any atom is -0.454 e. The minimum atomic E-state index is -3.49. The molecule has 0 N–H and O–H groups in total. The molecule has 5 nitrogen and oxygen atoms in total. The van der Waals surface area contributed by atoms with Gasteiger partial charge in [-0.25, -0.2) is 13.2 Å². The van der Waals surface area contributed by atoms with Gasteiger partial charge in [-0.15, -0.1) is 0 Å². The van der Waals surface area contributed by atoms with Gasteiger partial charge in [0.05, 0.1) is 16.2 Å². The van der Waals surface area contributed by atoms with Gasteiger partial charge in [-0.2, -0.15) is 0 Å². The van der Waals surface area contributed by atoms with Crippen LogP contribution in [0.4, 0.5) is 0 Å². The van der Waals surface area contributed by atoms with Gasteiger partial charge in [-0.1, -0.05) is 66.2 Å². The zero-order valence-corrected chi connectivity index (χ0v) is 18.8. The molecule has 0 aliphatic heterocycles. The molecule has 0 radical (unpaired) electrons. The molecule has 4 aromatic carbocycles. The molecule has 33 heavy (non-hydrogen) atoms. The number of sulfone groups is 1. The molecule has 0 saturated heterocycles. The number of hydrogen-bond acceptors (Lipinski definition) is 5. The summed E-state index contributed by atoms with van der Waals surface area (Å²) in [5.41, 5.74) is 2.26. The third-order valence-electron chi connectivity index (χ3n) is 5.33. The summed E-state index contributed by atoms with van der Waals surface area (Å²) in [5, 5.41) is 1.96. The molecule has 0 bridgehead atoms. The first kappa shape index (κ1) is 22.4. The molecule has 0 aromatic heterocycles. The number of hydrogen-bond donors (Lipinski definition) is 0. The van der Waals surface area contributed by atoms with Crippen LogP contribution in [0.3, 0.4) is 0 Å². The number of aryl methyl sites for hydroxylation is 1. The summed E-state index contributed by atoms with van der Waals surface area (Å²) >= 11 is 0. The van der Waals surface area contributed by atoms with Crippen LogP contribution in [0.2, 0.25) is 0 Å². The Morgan fingerprint density at radius 3 is 2.09 bits per heavy atom. The van der Waals surface area contributed by atoms with Crippen molar-refractivity contribution in [3.8, 4) is 0 Å². The molecule has 0 fully saturated rings. The molecular formula is C27H22O5S. The lowest BCUT2D eigenvalue weighted by Gasteiger charge is -2.08. The van der Waals surface area contributed by atoms with Crippen molar-refractivity contribution in [1.29, 1.82) is 0 Å². The quantitative estimate of drug-likeness (QED) is 0.282. The van der Waals surface area contributed by atoms with Gasteiger partial charge in [0.25, 0.3) is 0 Å². The number of rotatable bonds is 7. The van der Waals surface area contributed by atoms with Crippen LogP contribution >= 0.6 is 0 Å². The maximum atomic E-state index is 12.6. The van der Waals surface area contributed by atoms with Gasteiger partial charge in [0.1, 0.15) is 0 Å². The molecule has 166 valence electrons. The summed E-state index contributed by atoms with van der Waals surface area (Å²) in [6.07, 6.45) is 0. The largest absolute Gasteiger partial charge is 0.454 e. The Morgan fingerprint density at radius 1 is 0.758 bits per heavy atom. The van der Waals surface area contributed by atoms with E-state index in [0.29, 0.717) is 11.1 Å². The average molecular weight is 459 g/mol. The van der Waals surface area contributed by atoms with Crippen molar-refractivity contribution < 1.29 is 22.7 Å². The Morgan fingerprint density at radius 2 is 1.39 bits per heavy atom. The van der Waals surface area contributed by atoms with Crippen molar-refractivity contribution in [3.05, 3.63) is 113 Å². The highest BCUT2D eigenvalue weighted by molar-refractivity contribution is 7.90. The molecule has 0 amide bonds. The number of Topliss-reactive ketones (excluding diaryl/α,β-unsaturated/α-hetero) is 1. The van der Waals surface area contributed by atoms with E-state index in [1.807, 2.05) is 37.3 Å². The molecule has 0 atom stereocenters. The third-order valence-corrected chi connectivity index (χ3v) is 7.04. The highest BCUT2D eigenvalue weighted by Gasteiger charge is 2.16. The number of benzene rings is 4. The predicted octanol–water partition coefficient (Wildman–Crippen LogP) is 5.16. The molecule has 4 rings (SSSR count). The fourth-order valence-electron chi connectivity index (χ4n) is 3.45. The number of ether oxygens (including phenoxy) is 1. The van der Waals surface area contributed by atoms with E-state index in [4.69, 9.17) is 4.74 Å². The van der Waals surface area contributed by atoms with Gasteiger partial charge in [-0.05, 0) is 53.6 Å². The van der Waals surface area contributed by atoms with Crippen LogP contribution in [0.1, 0.15) is 31.8 Å². The minimum absolute atomic E-state index is 0.175. The first-order chi connectivity index (χ1) is 15.8. The van der Waals surface area contributed by atoms with Gasteiger partial charge in [0.15, 0.2) is 22.2 Å². The van der Waals surface area contributed by atoms with Gasteiger partial charge in [0, 0.05) is 5.56 Å². The van der Waals surface area contributed by atoms with Crippen LogP contribution in [-0.4, -0.2) is 26.8 Å². The zero-order chi connectivity index (χ0) is 23.4. The highest BCUT2D eigenvalue weighted by atomic mass is 32.2. The maximum absolute atomic E-state index is 12.6. The normalized spacial score (nSPS) is 11.3. The number of carbonyl (C=O) groups excluding carboxylic acids is 2. The van der Waals surface area contributed by atoms with E-state index in [1.54, 1.807) is 48.5 Å². The molecule has 4 aromatic rings. The molecule has 0 saturated carbocycles. The number of carbonyl (C=O) groups is 2. The van der Waals surface area contributed by atoms with Gasteiger partial charge >= 0.3 is 5.97 Å². The predicted molar refractivity (Wildman–Crippen MR) is 127 cm³/mol. The first-order valence-electron chi connectivity index (χ1n) is 10.4. The van der Waals surface area contributed by atoms with Crippen LogP contribution in [0.25, 0.3) is 10.8 Å². The van der Waals surface area contributed by atoms with Gasteiger partial charge in [-0.3, -0.25) is 4.79 Å². The average Bonchev–Trinajstić information content (AvgIpc) is 2.82. The van der Waals surface area contributed by atoms with Crippen molar-refractivity contribution in [3.63, 3.8) is 0 Å². The van der Waals surface area contributed by atoms with Gasteiger partial charge < -0.3 is 4.74 Å². The van der Waals surface area contributed by atoms with Crippen LogP contribution < -0.4 is 0 Å². The van der Waals surface area contributed by atoms with Crippen molar-refractivity contribution in [2.45, 2.75) is 17.6 Å². The summed E-state index contributed by atoms with van der Waals surface area (Å²) in [5.74, 6) is -1.11. The lowest BCUT2D eigenvalue weighted by atomic mass is 10.0. The van der Waals surface area contributed by atoms with Crippen LogP contribution in [0.15, 0.2) is 95.9 Å². The molecule has 0 heterocycles. The van der Waals surface area contributed by atoms with E-state index in [9.17, 15) is 18.0 Å². The summed E-state index contributed by atoms with van der Waals surface area (Å²) in [6, 6.07) is 25.9. The second-order valence-corrected chi connectivity index (χ2v) is 9.82. The van der Waals surface area contributed by atoms with Crippen LogP contribution in [0.5, 0.6) is 0 Å². The Hall–Kier alpha value is -3.77. The van der Waals surface area contributed by atoms with E-state index in [0.717, 1.165) is 16.3 Å². The summed E-state index contributed by atoms with van der Waals surface area (Å²) in [4.78, 5) is 25.1. The highest BCUT2D eigenvalue weighted by Crippen LogP contribution is 2.19. The van der Waals surface area contributed by atoms with Crippen molar-refractivity contribution >= 4 is 32.4 Å². The fourth-order valence-corrected chi connectivity index (χ4v) is 4.79. The van der Waals surface area contributed by atoms with E-state index in [1.165, 1.54) is 12.1 Å². The first-order valence-corrected chi connectivity index (χ1v) is 12.0.